The SMILES string of the molecule is CCSc1nccc(CC2(C3CCCC3)C=NN2C)n1. The minimum absolute atomic E-state index is 0.0962. The van der Waals surface area contributed by atoms with Crippen LogP contribution in [0.3, 0.4) is 0 Å². The molecule has 5 heteroatoms. The van der Waals surface area contributed by atoms with Gasteiger partial charge in [0, 0.05) is 25.4 Å². The monoisotopic (exact) mass is 290 g/mol. The maximum atomic E-state index is 4.70. The molecule has 1 atom stereocenters. The van der Waals surface area contributed by atoms with E-state index >= 15 is 0 Å². The summed E-state index contributed by atoms with van der Waals surface area (Å²) >= 11 is 1.70. The molecule has 4 nitrogen and oxygen atoms in total. The van der Waals surface area contributed by atoms with Crippen LogP contribution < -0.4 is 0 Å². The molecule has 1 aromatic heterocycles. The van der Waals surface area contributed by atoms with Gasteiger partial charge >= 0.3 is 0 Å². The molecule has 2 heterocycles. The lowest BCUT2D eigenvalue weighted by atomic mass is 9.77. The van der Waals surface area contributed by atoms with E-state index in [4.69, 9.17) is 4.98 Å². The molecule has 108 valence electrons. The summed E-state index contributed by atoms with van der Waals surface area (Å²) in [5, 5.41) is 7.43. The van der Waals surface area contributed by atoms with Crippen molar-refractivity contribution in [3.8, 4) is 0 Å². The number of aromatic nitrogens is 2. The molecule has 0 bridgehead atoms. The summed E-state index contributed by atoms with van der Waals surface area (Å²) in [4.78, 5) is 9.02. The van der Waals surface area contributed by atoms with Crippen molar-refractivity contribution in [1.82, 2.24) is 15.0 Å². The lowest BCUT2D eigenvalue weighted by molar-refractivity contribution is 0.0917. The molecule has 0 spiro atoms. The van der Waals surface area contributed by atoms with E-state index in [1.54, 1.807) is 11.8 Å². The molecule has 0 N–H and O–H groups in total. The van der Waals surface area contributed by atoms with Crippen molar-refractivity contribution in [2.24, 2.45) is 11.0 Å². The smallest absolute Gasteiger partial charge is 0.187 e. The third-order valence-corrected chi connectivity index (χ3v) is 5.29. The van der Waals surface area contributed by atoms with Crippen molar-refractivity contribution in [3.05, 3.63) is 18.0 Å². The molecule has 0 amide bonds. The zero-order valence-electron chi connectivity index (χ0n) is 12.2. The highest BCUT2D eigenvalue weighted by Gasteiger charge is 2.47. The standard InChI is InChI=1S/C15H22N4S/c1-3-20-14-16-9-8-13(18-14)10-15(11-17-19(15)2)12-6-4-5-7-12/h8-9,11-12H,3-7,10H2,1-2H3. The van der Waals surface area contributed by atoms with Gasteiger partial charge in [0.25, 0.3) is 0 Å². The summed E-state index contributed by atoms with van der Waals surface area (Å²) in [6, 6.07) is 2.05. The Kier molecular flexibility index (Phi) is 3.96. The molecular weight excluding hydrogens is 268 g/mol. The van der Waals surface area contributed by atoms with Crippen LogP contribution in [0.4, 0.5) is 0 Å². The number of hydrogen-bond donors (Lipinski definition) is 0. The van der Waals surface area contributed by atoms with Crippen molar-refractivity contribution < 1.29 is 0 Å². The minimum atomic E-state index is 0.0962. The highest BCUT2D eigenvalue weighted by Crippen LogP contribution is 2.41. The number of thioether (sulfide) groups is 1. The number of nitrogens with zero attached hydrogens (tertiary/aromatic N) is 4. The first-order valence-corrected chi connectivity index (χ1v) is 8.47. The molecule has 0 radical (unpaired) electrons. The van der Waals surface area contributed by atoms with Gasteiger partial charge in [0.2, 0.25) is 0 Å². The third kappa shape index (κ3) is 2.43. The summed E-state index contributed by atoms with van der Waals surface area (Å²) in [5.41, 5.74) is 1.24. The zero-order chi connectivity index (χ0) is 14.0. The van der Waals surface area contributed by atoms with Crippen LogP contribution in [0.1, 0.15) is 38.3 Å². The molecule has 2 aliphatic rings. The van der Waals surface area contributed by atoms with E-state index in [0.29, 0.717) is 0 Å². The van der Waals surface area contributed by atoms with Gasteiger partial charge in [-0.15, -0.1) is 0 Å². The molecule has 1 fully saturated rings. The maximum Gasteiger partial charge on any atom is 0.187 e. The van der Waals surface area contributed by atoms with Crippen molar-refractivity contribution in [2.45, 2.75) is 49.7 Å². The van der Waals surface area contributed by atoms with Crippen molar-refractivity contribution in [1.29, 1.82) is 0 Å². The first kappa shape index (κ1) is 13.9. The van der Waals surface area contributed by atoms with E-state index in [0.717, 1.165) is 28.9 Å². The molecule has 1 aliphatic carbocycles. The largest absolute Gasteiger partial charge is 0.288 e. The Morgan fingerprint density at radius 3 is 2.80 bits per heavy atom. The molecule has 1 aromatic rings. The van der Waals surface area contributed by atoms with Gasteiger partial charge in [0.05, 0.1) is 6.21 Å². The first-order chi connectivity index (χ1) is 9.74. The Morgan fingerprint density at radius 2 is 2.20 bits per heavy atom. The number of hydrogen-bond acceptors (Lipinski definition) is 5. The number of likely N-dealkylation sites (N-methyl/N-ethyl adjacent to an activating group) is 1. The van der Waals surface area contributed by atoms with Crippen LogP contribution in [-0.2, 0) is 6.42 Å². The quantitative estimate of drug-likeness (QED) is 0.617. The maximum absolute atomic E-state index is 4.70. The van der Waals surface area contributed by atoms with E-state index in [9.17, 15) is 0 Å². The van der Waals surface area contributed by atoms with E-state index in [1.807, 2.05) is 6.20 Å². The minimum Gasteiger partial charge on any atom is -0.288 e. The fraction of sp³-hybridized carbons (Fsp3) is 0.667. The summed E-state index contributed by atoms with van der Waals surface area (Å²) in [6.45, 7) is 2.13. The van der Waals surface area contributed by atoms with Crippen LogP contribution in [0.5, 0.6) is 0 Å². The summed E-state index contributed by atoms with van der Waals surface area (Å²) in [7, 11) is 2.10. The van der Waals surface area contributed by atoms with Gasteiger partial charge in [-0.25, -0.2) is 9.97 Å². The first-order valence-electron chi connectivity index (χ1n) is 7.48. The molecule has 3 rings (SSSR count). The summed E-state index contributed by atoms with van der Waals surface area (Å²) < 4.78 is 0. The fourth-order valence-electron chi connectivity index (χ4n) is 3.38. The van der Waals surface area contributed by atoms with Gasteiger partial charge < -0.3 is 0 Å². The van der Waals surface area contributed by atoms with Crippen LogP contribution in [0.15, 0.2) is 22.5 Å². The van der Waals surface area contributed by atoms with E-state index in [2.05, 4.69) is 41.3 Å². The number of hydrazone groups is 1. The lowest BCUT2D eigenvalue weighted by Crippen LogP contribution is -2.58. The summed E-state index contributed by atoms with van der Waals surface area (Å²) in [5.74, 6) is 1.74. The predicted octanol–water partition coefficient (Wildman–Crippen LogP) is 2.99. The Morgan fingerprint density at radius 1 is 1.40 bits per heavy atom. The van der Waals surface area contributed by atoms with Gasteiger partial charge in [-0.3, -0.25) is 5.01 Å². The van der Waals surface area contributed by atoms with Gasteiger partial charge in [0.1, 0.15) is 5.54 Å². The fourth-order valence-corrected chi connectivity index (χ4v) is 3.96. The van der Waals surface area contributed by atoms with E-state index in [1.165, 1.54) is 25.7 Å². The molecule has 1 unspecified atom stereocenters. The molecule has 0 saturated heterocycles. The van der Waals surface area contributed by atoms with E-state index in [-0.39, 0.29) is 5.54 Å². The average molecular weight is 290 g/mol. The molecule has 0 aromatic carbocycles. The second kappa shape index (κ2) is 5.72. The van der Waals surface area contributed by atoms with Crippen molar-refractivity contribution in [3.63, 3.8) is 0 Å². The predicted molar refractivity (Wildman–Crippen MR) is 83.1 cm³/mol. The van der Waals surface area contributed by atoms with Gasteiger partial charge in [-0.05, 0) is 30.6 Å². The van der Waals surface area contributed by atoms with Crippen LogP contribution >= 0.6 is 11.8 Å². The second-order valence-electron chi connectivity index (χ2n) is 5.68. The topological polar surface area (TPSA) is 41.4 Å². The van der Waals surface area contributed by atoms with Gasteiger partial charge in [-0.2, -0.15) is 5.10 Å². The second-order valence-corrected chi connectivity index (χ2v) is 6.91. The van der Waals surface area contributed by atoms with Crippen LogP contribution in [0, 0.1) is 5.92 Å². The van der Waals surface area contributed by atoms with Crippen molar-refractivity contribution in [2.75, 3.05) is 12.8 Å². The molecule has 20 heavy (non-hydrogen) atoms. The van der Waals surface area contributed by atoms with E-state index < -0.39 is 0 Å². The summed E-state index contributed by atoms with van der Waals surface area (Å²) in [6.07, 6.45) is 10.3. The lowest BCUT2D eigenvalue weighted by Gasteiger charge is -2.47. The highest BCUT2D eigenvalue weighted by molar-refractivity contribution is 7.99. The average Bonchev–Trinajstić information content (AvgIpc) is 2.98. The third-order valence-electron chi connectivity index (χ3n) is 4.55. The molecule has 1 saturated carbocycles. The van der Waals surface area contributed by atoms with Crippen LogP contribution in [0.2, 0.25) is 0 Å². The number of rotatable bonds is 5. The van der Waals surface area contributed by atoms with Crippen LogP contribution in [-0.4, -0.2) is 39.5 Å². The normalized spacial score (nSPS) is 26.0. The van der Waals surface area contributed by atoms with Crippen molar-refractivity contribution >= 4 is 18.0 Å². The Labute approximate surface area is 125 Å². The molecular formula is C15H22N4S. The Balaban J connectivity index is 1.80. The van der Waals surface area contributed by atoms with Crippen LogP contribution in [0.25, 0.3) is 0 Å². The van der Waals surface area contributed by atoms with Gasteiger partial charge in [-0.1, -0.05) is 31.5 Å². The molecule has 1 aliphatic heterocycles. The Bertz CT molecular complexity index is 498. The highest BCUT2D eigenvalue weighted by atomic mass is 32.2. The zero-order valence-corrected chi connectivity index (χ0v) is 13.1. The van der Waals surface area contributed by atoms with Gasteiger partial charge in [0.15, 0.2) is 5.16 Å². The Hall–Kier alpha value is -1.10.